The van der Waals surface area contributed by atoms with Crippen LogP contribution in [0, 0.1) is 0 Å². The van der Waals surface area contributed by atoms with E-state index < -0.39 is 0 Å². The number of hydrogen-bond acceptors (Lipinski definition) is 6. The van der Waals surface area contributed by atoms with Crippen molar-refractivity contribution in [2.24, 2.45) is 7.05 Å². The van der Waals surface area contributed by atoms with Crippen molar-refractivity contribution in [1.29, 1.82) is 0 Å². The number of rotatable bonds is 7. The largest absolute Gasteiger partial charge is 0.486 e. The fraction of sp³-hybridized carbons (Fsp3) is 0.292. The van der Waals surface area contributed by atoms with Crippen molar-refractivity contribution in [2.45, 2.75) is 31.0 Å². The average Bonchev–Trinajstić information content (AvgIpc) is 3.22. The molecule has 3 aromatic rings. The molecule has 32 heavy (non-hydrogen) atoms. The van der Waals surface area contributed by atoms with E-state index in [0.717, 1.165) is 11.4 Å². The van der Waals surface area contributed by atoms with E-state index >= 15 is 0 Å². The third-order valence-corrected chi connectivity index (χ3v) is 6.98. The Bertz CT molecular complexity index is 1170. The van der Waals surface area contributed by atoms with E-state index in [2.05, 4.69) is 41.1 Å². The van der Waals surface area contributed by atoms with Crippen LogP contribution in [0.3, 0.4) is 0 Å². The predicted molar refractivity (Wildman–Crippen MR) is 128 cm³/mol. The average molecular weight is 469 g/mol. The van der Waals surface area contributed by atoms with Gasteiger partial charge in [0, 0.05) is 42.0 Å². The summed E-state index contributed by atoms with van der Waals surface area (Å²) in [6, 6.07) is 15.4. The maximum atomic E-state index is 12.8. The number of benzene rings is 2. The minimum atomic E-state index is -0.220. The van der Waals surface area contributed by atoms with Crippen molar-refractivity contribution in [3.8, 4) is 5.75 Å². The van der Waals surface area contributed by atoms with Crippen molar-refractivity contribution in [3.63, 3.8) is 0 Å². The highest BCUT2D eigenvalue weighted by atomic mass is 35.5. The molecule has 0 bridgehead atoms. The number of ether oxygens (including phenoxy) is 1. The molecular formula is C24H25ClN4O2S. The third-order valence-electron chi connectivity index (χ3n) is 5.69. The lowest BCUT2D eigenvalue weighted by Gasteiger charge is -2.23. The predicted octanol–water partition coefficient (Wildman–Crippen LogP) is 5.02. The molecule has 8 heteroatoms. The van der Waals surface area contributed by atoms with Gasteiger partial charge in [-0.2, -0.15) is 0 Å². The maximum Gasteiger partial charge on any atom is 0.191 e. The van der Waals surface area contributed by atoms with Crippen LogP contribution in [0.5, 0.6) is 5.75 Å². The number of fused-ring (bicyclic) bond motifs is 1. The number of para-hydroxylation sites is 1. The highest BCUT2D eigenvalue weighted by molar-refractivity contribution is 7.99. The molecule has 0 aliphatic carbocycles. The van der Waals surface area contributed by atoms with E-state index in [1.165, 1.54) is 17.3 Å². The Morgan fingerprint density at radius 3 is 2.56 bits per heavy atom. The number of aromatic nitrogens is 3. The van der Waals surface area contributed by atoms with Gasteiger partial charge < -0.3 is 14.2 Å². The first kappa shape index (κ1) is 22.4. The van der Waals surface area contributed by atoms with Crippen LogP contribution < -0.4 is 9.64 Å². The van der Waals surface area contributed by atoms with Gasteiger partial charge in [-0.25, -0.2) is 0 Å². The number of allylic oxidation sites excluding steroid dienone is 2. The minimum Gasteiger partial charge on any atom is -0.486 e. The highest BCUT2D eigenvalue weighted by Gasteiger charge is 2.38. The summed E-state index contributed by atoms with van der Waals surface area (Å²) in [5.41, 5.74) is 3.15. The second-order valence-electron chi connectivity index (χ2n) is 8.19. The molecule has 0 N–H and O–H groups in total. The third kappa shape index (κ3) is 4.40. The quantitative estimate of drug-likeness (QED) is 0.358. The highest BCUT2D eigenvalue weighted by Crippen LogP contribution is 2.46. The number of nitrogens with zero attached hydrogens (tertiary/aromatic N) is 4. The van der Waals surface area contributed by atoms with Crippen molar-refractivity contribution in [1.82, 2.24) is 14.8 Å². The van der Waals surface area contributed by atoms with Gasteiger partial charge in [0.2, 0.25) is 0 Å². The molecule has 0 saturated carbocycles. The zero-order chi connectivity index (χ0) is 22.9. The fourth-order valence-electron chi connectivity index (χ4n) is 3.86. The second-order valence-corrected chi connectivity index (χ2v) is 9.57. The summed E-state index contributed by atoms with van der Waals surface area (Å²) < 4.78 is 7.60. The minimum absolute atomic E-state index is 0.0414. The number of hydrogen-bond donors (Lipinski definition) is 0. The first-order valence-electron chi connectivity index (χ1n) is 10.2. The zero-order valence-corrected chi connectivity index (χ0v) is 20.1. The van der Waals surface area contributed by atoms with Gasteiger partial charge in [-0.1, -0.05) is 55.4 Å². The topological polar surface area (TPSA) is 60.3 Å². The zero-order valence-electron chi connectivity index (χ0n) is 18.5. The van der Waals surface area contributed by atoms with Gasteiger partial charge in [-0.05, 0) is 35.9 Å². The van der Waals surface area contributed by atoms with Crippen LogP contribution in [-0.2, 0) is 23.9 Å². The Hall–Kier alpha value is -2.77. The van der Waals surface area contributed by atoms with Crippen LogP contribution in [0.25, 0.3) is 0 Å². The fourth-order valence-corrected chi connectivity index (χ4v) is 4.74. The van der Waals surface area contributed by atoms with Crippen LogP contribution in [-0.4, -0.2) is 33.3 Å². The van der Waals surface area contributed by atoms with E-state index in [0.29, 0.717) is 21.8 Å². The molecule has 2 heterocycles. The summed E-state index contributed by atoms with van der Waals surface area (Å²) in [7, 11) is 3.88. The molecule has 0 spiro atoms. The van der Waals surface area contributed by atoms with Crippen LogP contribution in [0.2, 0.25) is 5.02 Å². The molecular weight excluding hydrogens is 444 g/mol. The van der Waals surface area contributed by atoms with Crippen LogP contribution in [0.15, 0.2) is 65.5 Å². The Labute approximate surface area is 197 Å². The lowest BCUT2D eigenvalue weighted by Crippen LogP contribution is -2.24. The summed E-state index contributed by atoms with van der Waals surface area (Å²) in [5.74, 6) is 1.71. The molecule has 2 aromatic carbocycles. The molecule has 0 amide bonds. The smallest absolute Gasteiger partial charge is 0.191 e. The molecule has 0 fully saturated rings. The Morgan fingerprint density at radius 1 is 1.12 bits per heavy atom. The van der Waals surface area contributed by atoms with Crippen LogP contribution in [0.4, 0.5) is 5.69 Å². The molecule has 6 nitrogen and oxygen atoms in total. The van der Waals surface area contributed by atoms with Crippen molar-refractivity contribution < 1.29 is 9.53 Å². The summed E-state index contributed by atoms with van der Waals surface area (Å²) in [5, 5.41) is 9.74. The number of ketones is 1. The monoisotopic (exact) mass is 468 g/mol. The first-order valence-corrected chi connectivity index (χ1v) is 11.6. The number of halogens is 1. The lowest BCUT2D eigenvalue weighted by atomic mass is 9.83. The van der Waals surface area contributed by atoms with Crippen LogP contribution in [0.1, 0.15) is 25.2 Å². The molecule has 1 aromatic heterocycles. The molecule has 166 valence electrons. The molecule has 0 atom stereocenters. The number of likely N-dealkylation sites (N-methyl/N-ethyl adjacent to an activating group) is 1. The summed E-state index contributed by atoms with van der Waals surface area (Å²) in [6.45, 7) is 4.58. The van der Waals surface area contributed by atoms with E-state index in [-0.39, 0.29) is 23.6 Å². The van der Waals surface area contributed by atoms with Gasteiger partial charge >= 0.3 is 0 Å². The lowest BCUT2D eigenvalue weighted by molar-refractivity contribution is -0.112. The normalized spacial score (nSPS) is 15.8. The Balaban J connectivity index is 1.39. The van der Waals surface area contributed by atoms with E-state index in [1.807, 2.05) is 30.8 Å². The number of anilines is 1. The summed E-state index contributed by atoms with van der Waals surface area (Å²) >= 11 is 7.27. The second kappa shape index (κ2) is 9.00. The van der Waals surface area contributed by atoms with Gasteiger partial charge in [-0.15, -0.1) is 10.2 Å². The van der Waals surface area contributed by atoms with Gasteiger partial charge in [0.25, 0.3) is 0 Å². The van der Waals surface area contributed by atoms with E-state index in [1.54, 1.807) is 30.3 Å². The summed E-state index contributed by atoms with van der Waals surface area (Å²) in [4.78, 5) is 14.9. The molecule has 0 unspecified atom stereocenters. The van der Waals surface area contributed by atoms with Crippen molar-refractivity contribution >= 4 is 34.8 Å². The maximum absolute atomic E-state index is 12.8. The SMILES string of the molecule is CN1C(=CC(=O)CSc2nnc(COc3ccc(Cl)cc3)n2C)C(C)(C)c2ccccc21. The standard InChI is InChI=1S/C24H25ClN4O2S/c1-24(2)19-7-5-6-8-20(19)28(3)21(24)13-17(30)15-32-23-27-26-22(29(23)4)14-31-18-11-9-16(25)10-12-18/h5-13H,14-15H2,1-4H3. The van der Waals surface area contributed by atoms with Gasteiger partial charge in [0.1, 0.15) is 12.4 Å². The number of carbonyl (C=O) groups excluding carboxylic acids is 1. The summed E-state index contributed by atoms with van der Waals surface area (Å²) in [6.07, 6.45) is 1.76. The molecule has 0 radical (unpaired) electrons. The Morgan fingerprint density at radius 2 is 1.84 bits per heavy atom. The first-order chi connectivity index (χ1) is 15.3. The molecule has 1 aliphatic rings. The van der Waals surface area contributed by atoms with Gasteiger partial charge in [0.05, 0.1) is 5.75 Å². The number of carbonyl (C=O) groups is 1. The van der Waals surface area contributed by atoms with Gasteiger partial charge in [-0.3, -0.25) is 4.79 Å². The van der Waals surface area contributed by atoms with Crippen molar-refractivity contribution in [3.05, 3.63) is 76.7 Å². The Kier molecular flexibility index (Phi) is 6.31. The molecule has 1 aliphatic heterocycles. The molecule has 4 rings (SSSR count). The number of thioether (sulfide) groups is 1. The van der Waals surface area contributed by atoms with Gasteiger partial charge in [0.15, 0.2) is 16.8 Å². The molecule has 0 saturated heterocycles. The van der Waals surface area contributed by atoms with Crippen molar-refractivity contribution in [2.75, 3.05) is 17.7 Å². The van der Waals surface area contributed by atoms with E-state index in [9.17, 15) is 4.79 Å². The van der Waals surface area contributed by atoms with E-state index in [4.69, 9.17) is 16.3 Å². The van der Waals surface area contributed by atoms with Crippen LogP contribution >= 0.6 is 23.4 Å².